The second kappa shape index (κ2) is 7.75. The van der Waals surface area contributed by atoms with Gasteiger partial charge < -0.3 is 15.0 Å². The fraction of sp³-hybridized carbons (Fsp3) is 0.238. The van der Waals surface area contributed by atoms with Crippen molar-refractivity contribution in [2.24, 2.45) is 0 Å². The molecule has 0 unspecified atom stereocenters. The first kappa shape index (κ1) is 18.7. The number of methoxy groups -OCH3 is 1. The lowest BCUT2D eigenvalue weighted by Gasteiger charge is -2.13. The Hall–Kier alpha value is -3.68. The highest BCUT2D eigenvalue weighted by Crippen LogP contribution is 2.19. The number of carbonyl (C=O) groups is 3. The number of aromatic nitrogens is 2. The second-order valence-corrected chi connectivity index (χ2v) is 6.76. The van der Waals surface area contributed by atoms with E-state index in [1.165, 1.54) is 7.11 Å². The van der Waals surface area contributed by atoms with E-state index in [2.05, 4.69) is 15.0 Å². The van der Waals surface area contributed by atoms with Gasteiger partial charge in [0, 0.05) is 25.0 Å². The molecule has 0 atom stereocenters. The third-order valence-electron chi connectivity index (χ3n) is 4.91. The zero-order chi connectivity index (χ0) is 20.4. The van der Waals surface area contributed by atoms with Crippen LogP contribution in [0.4, 0.5) is 5.69 Å². The molecule has 8 heteroatoms. The maximum absolute atomic E-state index is 12.9. The van der Waals surface area contributed by atoms with Gasteiger partial charge in [-0.05, 0) is 49.2 Å². The van der Waals surface area contributed by atoms with Crippen LogP contribution in [0, 0.1) is 0 Å². The molecular formula is C21H20N4O4. The molecule has 1 aliphatic rings. The highest BCUT2D eigenvalue weighted by Gasteiger charge is 2.26. The molecule has 0 aliphatic carbocycles. The summed E-state index contributed by atoms with van der Waals surface area (Å²) in [6.45, 7) is 1.41. The topological polar surface area (TPSA) is 93.0 Å². The predicted molar refractivity (Wildman–Crippen MR) is 106 cm³/mol. The number of anilines is 1. The summed E-state index contributed by atoms with van der Waals surface area (Å²) in [7, 11) is 1.31. The number of pyridine rings is 1. The molecular weight excluding hydrogens is 372 g/mol. The summed E-state index contributed by atoms with van der Waals surface area (Å²) in [5.74, 6) is -0.827. The molecule has 0 spiro atoms. The average molecular weight is 392 g/mol. The van der Waals surface area contributed by atoms with E-state index in [0.717, 1.165) is 12.8 Å². The Bertz CT molecular complexity index is 1080. The number of nitrogens with zero attached hydrogens (tertiary/aromatic N) is 3. The van der Waals surface area contributed by atoms with Crippen LogP contribution in [0.2, 0.25) is 0 Å². The first-order valence-electron chi connectivity index (χ1n) is 9.34. The maximum atomic E-state index is 12.9. The summed E-state index contributed by atoms with van der Waals surface area (Å²) >= 11 is 0. The molecule has 1 aliphatic heterocycles. The highest BCUT2D eigenvalue weighted by atomic mass is 16.5. The number of carbonyl (C=O) groups excluding carboxylic acids is 3. The molecule has 0 radical (unpaired) electrons. The van der Waals surface area contributed by atoms with E-state index in [9.17, 15) is 14.4 Å². The number of imidazole rings is 1. The Morgan fingerprint density at radius 3 is 2.45 bits per heavy atom. The number of hydrogen-bond acceptors (Lipinski definition) is 5. The van der Waals surface area contributed by atoms with Crippen LogP contribution >= 0.6 is 0 Å². The van der Waals surface area contributed by atoms with Crippen LogP contribution in [0.3, 0.4) is 0 Å². The summed E-state index contributed by atoms with van der Waals surface area (Å²) < 4.78 is 6.32. The Labute approximate surface area is 167 Å². The van der Waals surface area contributed by atoms with E-state index in [1.54, 1.807) is 58.0 Å². The molecule has 1 N–H and O–H groups in total. The van der Waals surface area contributed by atoms with E-state index in [4.69, 9.17) is 0 Å². The first-order valence-corrected chi connectivity index (χ1v) is 9.34. The molecule has 29 heavy (non-hydrogen) atoms. The van der Waals surface area contributed by atoms with Gasteiger partial charge >= 0.3 is 5.97 Å². The Morgan fingerprint density at radius 1 is 1.03 bits per heavy atom. The Kier molecular flexibility index (Phi) is 4.99. The number of ether oxygens (including phenoxy) is 1. The van der Waals surface area contributed by atoms with Gasteiger partial charge in [-0.25, -0.2) is 9.78 Å². The van der Waals surface area contributed by atoms with Gasteiger partial charge in [0.2, 0.25) is 5.82 Å². The lowest BCUT2D eigenvalue weighted by molar-refractivity contribution is 0.0600. The molecule has 1 saturated heterocycles. The minimum Gasteiger partial charge on any atom is -0.465 e. The average Bonchev–Trinajstić information content (AvgIpc) is 3.41. The second-order valence-electron chi connectivity index (χ2n) is 6.76. The van der Waals surface area contributed by atoms with Crippen LogP contribution < -0.4 is 5.32 Å². The SMILES string of the molecule is COC(=O)c1ccc(NC(=O)c2nc(C(=O)N3CCCC3)n3ccccc23)cc1. The van der Waals surface area contributed by atoms with Gasteiger partial charge in [0.1, 0.15) is 0 Å². The summed E-state index contributed by atoms with van der Waals surface area (Å²) in [6.07, 6.45) is 3.68. The van der Waals surface area contributed by atoms with Crippen LogP contribution in [0.1, 0.15) is 44.3 Å². The summed E-state index contributed by atoms with van der Waals surface area (Å²) in [4.78, 5) is 43.4. The molecule has 2 amide bonds. The van der Waals surface area contributed by atoms with E-state index >= 15 is 0 Å². The molecule has 1 aromatic carbocycles. The van der Waals surface area contributed by atoms with E-state index < -0.39 is 11.9 Å². The monoisotopic (exact) mass is 392 g/mol. The molecule has 1 fully saturated rings. The molecule has 8 nitrogen and oxygen atoms in total. The standard InChI is InChI=1S/C21H20N4O4/c1-29-21(28)14-7-9-15(10-8-14)22-19(26)17-16-6-2-3-13-25(16)18(23-17)20(27)24-11-4-5-12-24/h2-3,6-10,13H,4-5,11-12H2,1H3,(H,22,26). The number of fused-ring (bicyclic) bond motifs is 1. The fourth-order valence-electron chi connectivity index (χ4n) is 3.42. The minimum absolute atomic E-state index is 0.171. The smallest absolute Gasteiger partial charge is 0.337 e. The van der Waals surface area contributed by atoms with Crippen LogP contribution in [-0.2, 0) is 4.74 Å². The maximum Gasteiger partial charge on any atom is 0.337 e. The lowest BCUT2D eigenvalue weighted by Crippen LogP contribution is -2.29. The Morgan fingerprint density at radius 2 is 1.76 bits per heavy atom. The Balaban J connectivity index is 1.62. The molecule has 0 saturated carbocycles. The molecule has 3 heterocycles. The quantitative estimate of drug-likeness (QED) is 0.689. The summed E-state index contributed by atoms with van der Waals surface area (Å²) in [5, 5.41) is 2.76. The zero-order valence-electron chi connectivity index (χ0n) is 15.9. The van der Waals surface area contributed by atoms with E-state index in [0.29, 0.717) is 29.9 Å². The van der Waals surface area contributed by atoms with Crippen molar-refractivity contribution in [3.05, 3.63) is 65.7 Å². The zero-order valence-corrected chi connectivity index (χ0v) is 15.9. The molecule has 2 aromatic heterocycles. The van der Waals surface area contributed by atoms with Crippen molar-refractivity contribution in [1.29, 1.82) is 0 Å². The number of esters is 1. The van der Waals surface area contributed by atoms with Crippen LogP contribution in [0.15, 0.2) is 48.7 Å². The van der Waals surface area contributed by atoms with E-state index in [-0.39, 0.29) is 17.4 Å². The summed E-state index contributed by atoms with van der Waals surface area (Å²) in [5.41, 5.74) is 1.62. The van der Waals surface area contributed by atoms with Gasteiger partial charge in [-0.1, -0.05) is 6.07 Å². The third-order valence-corrected chi connectivity index (χ3v) is 4.91. The van der Waals surface area contributed by atoms with Gasteiger partial charge in [0.15, 0.2) is 5.69 Å². The van der Waals surface area contributed by atoms with E-state index in [1.807, 2.05) is 0 Å². The number of benzene rings is 1. The van der Waals surface area contributed by atoms with Crippen molar-refractivity contribution in [3.63, 3.8) is 0 Å². The van der Waals surface area contributed by atoms with Gasteiger partial charge in [0.25, 0.3) is 11.8 Å². The van der Waals surface area contributed by atoms with Gasteiger partial charge in [0.05, 0.1) is 18.2 Å². The normalized spacial score (nSPS) is 13.5. The van der Waals surface area contributed by atoms with Gasteiger partial charge in [-0.3, -0.25) is 14.0 Å². The van der Waals surface area contributed by atoms with Gasteiger partial charge in [-0.2, -0.15) is 0 Å². The molecule has 4 rings (SSSR count). The van der Waals surface area contributed by atoms with Crippen LogP contribution in [0.25, 0.3) is 5.52 Å². The van der Waals surface area contributed by atoms with Gasteiger partial charge in [-0.15, -0.1) is 0 Å². The first-order chi connectivity index (χ1) is 14.1. The van der Waals surface area contributed by atoms with Crippen LogP contribution in [-0.4, -0.2) is 52.3 Å². The summed E-state index contributed by atoms with van der Waals surface area (Å²) in [6, 6.07) is 11.7. The van der Waals surface area contributed by atoms with Crippen molar-refractivity contribution in [1.82, 2.24) is 14.3 Å². The van der Waals surface area contributed by atoms with Crippen molar-refractivity contribution < 1.29 is 19.1 Å². The minimum atomic E-state index is -0.451. The highest BCUT2D eigenvalue weighted by molar-refractivity contribution is 6.09. The van der Waals surface area contributed by atoms with Crippen molar-refractivity contribution in [3.8, 4) is 0 Å². The largest absolute Gasteiger partial charge is 0.465 e. The number of rotatable bonds is 4. The van der Waals surface area contributed by atoms with Crippen molar-refractivity contribution in [2.45, 2.75) is 12.8 Å². The fourth-order valence-corrected chi connectivity index (χ4v) is 3.42. The lowest BCUT2D eigenvalue weighted by atomic mass is 10.2. The number of hydrogen-bond donors (Lipinski definition) is 1. The molecule has 0 bridgehead atoms. The van der Waals surface area contributed by atoms with Crippen LogP contribution in [0.5, 0.6) is 0 Å². The predicted octanol–water partition coefficient (Wildman–Crippen LogP) is 2.61. The van der Waals surface area contributed by atoms with Crippen molar-refractivity contribution in [2.75, 3.05) is 25.5 Å². The third kappa shape index (κ3) is 3.56. The van der Waals surface area contributed by atoms with Crippen molar-refractivity contribution >= 4 is 29.0 Å². The number of likely N-dealkylation sites (tertiary alicyclic amines) is 1. The molecule has 148 valence electrons. The molecule has 3 aromatic rings. The number of amides is 2. The number of nitrogens with one attached hydrogen (secondary N) is 1.